The number of fused-ring (bicyclic) bond motifs is 5. The first kappa shape index (κ1) is 18.4. The maximum absolute atomic E-state index is 12.4. The molecule has 0 aromatic heterocycles. The zero-order chi connectivity index (χ0) is 19.9. The van der Waals surface area contributed by atoms with Gasteiger partial charge in [-0.2, -0.15) is 0 Å². The normalized spacial score (nSPS) is 48.3. The van der Waals surface area contributed by atoms with Crippen molar-refractivity contribution in [2.45, 2.75) is 62.8 Å². The molecule has 0 aromatic rings. The average Bonchev–Trinajstić information content (AvgIpc) is 3.20. The van der Waals surface area contributed by atoms with E-state index in [0.717, 1.165) is 0 Å². The van der Waals surface area contributed by atoms with Crippen molar-refractivity contribution < 1.29 is 34.0 Å². The quantitative estimate of drug-likeness (QED) is 0.318. The number of ether oxygens (including phenoxy) is 3. The Labute approximate surface area is 157 Å². The molecule has 8 atom stereocenters. The van der Waals surface area contributed by atoms with Gasteiger partial charge in [0.25, 0.3) is 0 Å². The van der Waals surface area contributed by atoms with E-state index in [4.69, 9.17) is 14.2 Å². The molecule has 7 nitrogen and oxygen atoms in total. The summed E-state index contributed by atoms with van der Waals surface area (Å²) in [5.74, 6) is -2.66. The highest BCUT2D eigenvalue weighted by Gasteiger charge is 2.83. The summed E-state index contributed by atoms with van der Waals surface area (Å²) in [6.45, 7) is 12.9. The molecule has 0 amide bonds. The summed E-state index contributed by atoms with van der Waals surface area (Å²) in [6.07, 6.45) is -1.54. The van der Waals surface area contributed by atoms with Gasteiger partial charge in [0.1, 0.15) is 29.5 Å². The number of hydrogen-bond acceptors (Lipinski definition) is 7. The van der Waals surface area contributed by atoms with Crippen molar-refractivity contribution in [1.82, 2.24) is 0 Å². The monoisotopic (exact) mass is 376 g/mol. The molecular weight excluding hydrogens is 352 g/mol. The number of aliphatic hydroxyl groups excluding tert-OH is 1. The lowest BCUT2D eigenvalue weighted by Gasteiger charge is -2.40. The zero-order valence-electron chi connectivity index (χ0n) is 15.6. The standard InChI is InChI=1S/C20H24O7/c1-6-8(2)17(22)25-11-7-9(3)13-14(21)16-19(5,27-16)20(13,24)15-12(11)10(4)18(23)26-15/h6,11-16,21,24H,3-4,7H2,1-2,5H3/b8-6+/t11-,12-,13-,14+,15+,16+,19+,20+/m1/s1. The van der Waals surface area contributed by atoms with E-state index in [9.17, 15) is 19.8 Å². The molecule has 4 aliphatic rings. The van der Waals surface area contributed by atoms with Crippen molar-refractivity contribution in [3.63, 3.8) is 0 Å². The fourth-order valence-electron chi connectivity index (χ4n) is 5.05. The predicted molar refractivity (Wildman–Crippen MR) is 93.3 cm³/mol. The van der Waals surface area contributed by atoms with Gasteiger partial charge in [0, 0.05) is 23.5 Å². The van der Waals surface area contributed by atoms with Crippen LogP contribution >= 0.6 is 0 Å². The van der Waals surface area contributed by atoms with Crippen molar-refractivity contribution in [2.75, 3.05) is 0 Å². The van der Waals surface area contributed by atoms with Crippen LogP contribution in [0, 0.1) is 11.8 Å². The molecule has 0 aromatic carbocycles. The summed E-state index contributed by atoms with van der Waals surface area (Å²) in [5, 5.41) is 22.4. The highest BCUT2D eigenvalue weighted by molar-refractivity contribution is 5.92. The summed E-state index contributed by atoms with van der Waals surface area (Å²) in [4.78, 5) is 24.6. The van der Waals surface area contributed by atoms with Gasteiger partial charge in [-0.1, -0.05) is 24.8 Å². The van der Waals surface area contributed by atoms with E-state index in [0.29, 0.717) is 11.1 Å². The SMILES string of the molecule is C=C1C(=O)O[C@H]2[C@H]1[C@H](OC(=O)/C(C)=C/C)CC(=C)[C@@H]1[C@H](O)[C@@H]3O[C@]3(C)[C@]12O. The van der Waals surface area contributed by atoms with Gasteiger partial charge in [-0.15, -0.1) is 0 Å². The number of carbonyl (C=O) groups excluding carboxylic acids is 2. The number of epoxide rings is 1. The van der Waals surface area contributed by atoms with E-state index < -0.39 is 59.4 Å². The number of rotatable bonds is 2. The second-order valence-corrected chi connectivity index (χ2v) is 8.09. The van der Waals surface area contributed by atoms with Crippen LogP contribution in [0.3, 0.4) is 0 Å². The van der Waals surface area contributed by atoms with Crippen molar-refractivity contribution in [2.24, 2.45) is 11.8 Å². The van der Waals surface area contributed by atoms with Gasteiger partial charge in [0.2, 0.25) is 0 Å². The van der Waals surface area contributed by atoms with Gasteiger partial charge in [0.15, 0.2) is 0 Å². The van der Waals surface area contributed by atoms with E-state index >= 15 is 0 Å². The number of allylic oxidation sites excluding steroid dienone is 1. The molecule has 27 heavy (non-hydrogen) atoms. The third-order valence-corrected chi connectivity index (χ3v) is 6.75. The van der Waals surface area contributed by atoms with Gasteiger partial charge in [0.05, 0.1) is 12.0 Å². The van der Waals surface area contributed by atoms with Crippen molar-refractivity contribution >= 4 is 11.9 Å². The fraction of sp³-hybridized carbons (Fsp3) is 0.600. The van der Waals surface area contributed by atoms with E-state index in [-0.39, 0.29) is 12.0 Å². The molecule has 2 N–H and O–H groups in total. The van der Waals surface area contributed by atoms with E-state index in [1.54, 1.807) is 26.8 Å². The van der Waals surface area contributed by atoms with E-state index in [1.807, 2.05) is 0 Å². The first-order chi connectivity index (χ1) is 12.6. The lowest BCUT2D eigenvalue weighted by molar-refractivity contribution is -0.185. The molecular formula is C20H24O7. The van der Waals surface area contributed by atoms with Crippen molar-refractivity contribution in [1.29, 1.82) is 0 Å². The molecule has 4 fully saturated rings. The first-order valence-electron chi connectivity index (χ1n) is 9.07. The van der Waals surface area contributed by atoms with Gasteiger partial charge in [-0.25, -0.2) is 9.59 Å². The van der Waals surface area contributed by atoms with Crippen LogP contribution in [0.4, 0.5) is 0 Å². The van der Waals surface area contributed by atoms with Gasteiger partial charge >= 0.3 is 11.9 Å². The van der Waals surface area contributed by atoms with Crippen molar-refractivity contribution in [3.8, 4) is 0 Å². The van der Waals surface area contributed by atoms with Crippen LogP contribution in [0.2, 0.25) is 0 Å². The Morgan fingerprint density at radius 3 is 2.67 bits per heavy atom. The molecule has 0 unspecified atom stereocenters. The second-order valence-electron chi connectivity index (χ2n) is 8.09. The smallest absolute Gasteiger partial charge is 0.334 e. The van der Waals surface area contributed by atoms with E-state index in [1.165, 1.54) is 0 Å². The Balaban J connectivity index is 1.78. The molecule has 146 valence electrons. The van der Waals surface area contributed by atoms with Crippen LogP contribution in [0.25, 0.3) is 0 Å². The van der Waals surface area contributed by atoms with Crippen LogP contribution in [0.1, 0.15) is 27.2 Å². The maximum atomic E-state index is 12.4. The summed E-state index contributed by atoms with van der Waals surface area (Å²) in [7, 11) is 0. The highest BCUT2D eigenvalue weighted by Crippen LogP contribution is 2.65. The molecule has 2 aliphatic heterocycles. The Morgan fingerprint density at radius 1 is 1.37 bits per heavy atom. The third-order valence-electron chi connectivity index (χ3n) is 6.75. The molecule has 2 aliphatic carbocycles. The number of esters is 2. The number of aliphatic hydroxyl groups is 2. The van der Waals surface area contributed by atoms with Gasteiger partial charge in [-0.05, 0) is 20.8 Å². The number of carbonyl (C=O) groups is 2. The van der Waals surface area contributed by atoms with Gasteiger partial charge < -0.3 is 24.4 Å². The first-order valence-corrected chi connectivity index (χ1v) is 9.07. The van der Waals surface area contributed by atoms with Crippen LogP contribution in [0.5, 0.6) is 0 Å². The van der Waals surface area contributed by atoms with Crippen LogP contribution in [-0.2, 0) is 23.8 Å². The summed E-state index contributed by atoms with van der Waals surface area (Å²) in [5.41, 5.74) is -1.64. The summed E-state index contributed by atoms with van der Waals surface area (Å²) in [6, 6.07) is 0. The molecule has 2 heterocycles. The average molecular weight is 376 g/mol. The summed E-state index contributed by atoms with van der Waals surface area (Å²) < 4.78 is 16.8. The molecule has 0 spiro atoms. The van der Waals surface area contributed by atoms with Crippen LogP contribution in [-0.4, -0.2) is 57.8 Å². The minimum Gasteiger partial charge on any atom is -0.458 e. The zero-order valence-corrected chi connectivity index (χ0v) is 15.6. The molecule has 2 saturated carbocycles. The number of hydrogen-bond donors (Lipinski definition) is 2. The molecule has 2 saturated heterocycles. The Kier molecular flexibility index (Phi) is 3.77. The molecule has 7 heteroatoms. The second kappa shape index (κ2) is 5.53. The Morgan fingerprint density at radius 2 is 2.04 bits per heavy atom. The fourth-order valence-corrected chi connectivity index (χ4v) is 5.05. The lowest BCUT2D eigenvalue weighted by atomic mass is 9.73. The topological polar surface area (TPSA) is 106 Å². The molecule has 0 radical (unpaired) electrons. The van der Waals surface area contributed by atoms with Crippen LogP contribution < -0.4 is 0 Å². The molecule has 4 rings (SSSR count). The molecule has 0 bridgehead atoms. The van der Waals surface area contributed by atoms with E-state index in [2.05, 4.69) is 13.2 Å². The lowest BCUT2D eigenvalue weighted by Crippen LogP contribution is -2.59. The summed E-state index contributed by atoms with van der Waals surface area (Å²) >= 11 is 0. The Hall–Kier alpha value is -1.96. The maximum Gasteiger partial charge on any atom is 0.334 e. The Bertz CT molecular complexity index is 798. The largest absolute Gasteiger partial charge is 0.458 e. The van der Waals surface area contributed by atoms with Crippen molar-refractivity contribution in [3.05, 3.63) is 36.0 Å². The minimum atomic E-state index is -1.68. The van der Waals surface area contributed by atoms with Gasteiger partial charge in [-0.3, -0.25) is 0 Å². The minimum absolute atomic E-state index is 0.139. The highest BCUT2D eigenvalue weighted by atomic mass is 16.7. The predicted octanol–water partition coefficient (Wildman–Crippen LogP) is 0.801. The van der Waals surface area contributed by atoms with Crippen LogP contribution in [0.15, 0.2) is 36.0 Å². The third kappa shape index (κ3) is 2.13.